The van der Waals surface area contributed by atoms with E-state index in [-0.39, 0.29) is 0 Å². The first kappa shape index (κ1) is 19.5. The van der Waals surface area contributed by atoms with Gasteiger partial charge in [-0.3, -0.25) is 4.55 Å². The maximum Gasteiger partial charge on any atom is 0.423 e. The monoisotopic (exact) mass is 350 g/mol. The van der Waals surface area contributed by atoms with E-state index in [0.717, 1.165) is 20.8 Å². The van der Waals surface area contributed by atoms with Gasteiger partial charge >= 0.3 is 21.5 Å². The Morgan fingerprint density at radius 3 is 1.50 bits per heavy atom. The van der Waals surface area contributed by atoms with Crippen molar-refractivity contribution in [3.05, 3.63) is 0 Å². The molecule has 122 valence electrons. The molecule has 0 aromatic rings. The van der Waals surface area contributed by atoms with Crippen LogP contribution in [-0.2, 0) is 24.4 Å². The zero-order valence-corrected chi connectivity index (χ0v) is 11.9. The molecule has 0 aromatic heterocycles. The van der Waals surface area contributed by atoms with E-state index < -0.39 is 42.5 Å². The zero-order chi connectivity index (χ0) is 16.8. The minimum atomic E-state index is -6.55. The van der Waals surface area contributed by atoms with E-state index in [9.17, 15) is 38.8 Å². The maximum absolute atomic E-state index is 13.1. The second kappa shape index (κ2) is 5.03. The van der Waals surface area contributed by atoms with Crippen LogP contribution >= 0.6 is 0 Å². The topological polar surface area (TPSA) is 97.7 Å². The van der Waals surface area contributed by atoms with E-state index in [4.69, 9.17) is 4.55 Å². The average molecular weight is 350 g/mol. The minimum absolute atomic E-state index is 0.849. The molecular weight excluding hydrogens is 339 g/mol. The maximum atomic E-state index is 13.1. The lowest BCUT2D eigenvalue weighted by Crippen LogP contribution is -2.53. The summed E-state index contributed by atoms with van der Waals surface area (Å²) in [5.74, 6) is 0. The van der Waals surface area contributed by atoms with Crippen molar-refractivity contribution in [3.8, 4) is 0 Å². The largest absolute Gasteiger partial charge is 0.423 e. The Morgan fingerprint density at radius 2 is 1.30 bits per heavy atom. The first-order valence-electron chi connectivity index (χ1n) is 4.68. The Bertz CT molecular complexity index is 555. The smallest absolute Gasteiger partial charge is 0.281 e. The normalized spacial score (nSPS) is 17.1. The van der Waals surface area contributed by atoms with E-state index in [1.807, 2.05) is 0 Å². The summed E-state index contributed by atoms with van der Waals surface area (Å²) in [4.78, 5) is 0. The third-order valence-corrected chi connectivity index (χ3v) is 4.77. The molecule has 1 atom stereocenters. The van der Waals surface area contributed by atoms with Gasteiger partial charge in [0.15, 0.2) is 0 Å². The fraction of sp³-hybridized carbons (Fsp3) is 1.00. The van der Waals surface area contributed by atoms with Crippen molar-refractivity contribution in [2.45, 2.75) is 43.1 Å². The molecule has 0 saturated heterocycles. The van der Waals surface area contributed by atoms with E-state index in [1.54, 1.807) is 0 Å². The molecular formula is C7H11F5O6S2. The van der Waals surface area contributed by atoms with Crippen molar-refractivity contribution < 1.29 is 47.5 Å². The SMILES string of the molecule is CC(C)(C)S(=O)(=O)OC(C(F)(F)F)C(F)(F)S(=O)(=O)O. The van der Waals surface area contributed by atoms with Gasteiger partial charge in [-0.05, 0) is 20.8 Å². The fourth-order valence-corrected chi connectivity index (χ4v) is 1.99. The van der Waals surface area contributed by atoms with Gasteiger partial charge in [0.1, 0.15) is 0 Å². The van der Waals surface area contributed by atoms with Crippen LogP contribution in [0.1, 0.15) is 20.8 Å². The van der Waals surface area contributed by atoms with Crippen LogP contribution in [0.4, 0.5) is 22.0 Å². The zero-order valence-electron chi connectivity index (χ0n) is 10.3. The molecule has 0 amide bonds. The minimum Gasteiger partial charge on any atom is -0.281 e. The van der Waals surface area contributed by atoms with Crippen molar-refractivity contribution in [2.24, 2.45) is 0 Å². The summed E-state index contributed by atoms with van der Waals surface area (Å²) in [5.41, 5.74) is 0. The van der Waals surface area contributed by atoms with Crippen LogP contribution in [0, 0.1) is 0 Å². The molecule has 1 N–H and O–H groups in total. The Kier molecular flexibility index (Phi) is 4.90. The summed E-state index contributed by atoms with van der Waals surface area (Å²) >= 11 is 0. The molecule has 0 heterocycles. The number of alkyl halides is 5. The van der Waals surface area contributed by atoms with E-state index in [2.05, 4.69) is 4.18 Å². The highest BCUT2D eigenvalue weighted by Gasteiger charge is 2.66. The number of halogens is 5. The van der Waals surface area contributed by atoms with E-state index in [1.165, 1.54) is 0 Å². The predicted octanol–water partition coefficient (Wildman–Crippen LogP) is 1.54. The van der Waals surface area contributed by atoms with Crippen LogP contribution in [0.3, 0.4) is 0 Å². The first-order chi connectivity index (χ1) is 8.34. The first-order valence-corrected chi connectivity index (χ1v) is 7.53. The van der Waals surface area contributed by atoms with Gasteiger partial charge in [-0.15, -0.1) is 0 Å². The van der Waals surface area contributed by atoms with Gasteiger partial charge in [-0.1, -0.05) is 0 Å². The third kappa shape index (κ3) is 3.99. The van der Waals surface area contributed by atoms with Gasteiger partial charge < -0.3 is 0 Å². The number of rotatable bonds is 4. The van der Waals surface area contributed by atoms with Gasteiger partial charge in [0.05, 0.1) is 4.75 Å². The lowest BCUT2D eigenvalue weighted by Gasteiger charge is -2.28. The van der Waals surface area contributed by atoms with Gasteiger partial charge in [0, 0.05) is 0 Å². The van der Waals surface area contributed by atoms with Gasteiger partial charge in [-0.25, -0.2) is 4.18 Å². The molecule has 0 fully saturated rings. The molecule has 0 rings (SSSR count). The van der Waals surface area contributed by atoms with Gasteiger partial charge in [0.25, 0.3) is 16.2 Å². The van der Waals surface area contributed by atoms with Crippen LogP contribution < -0.4 is 0 Å². The lowest BCUT2D eigenvalue weighted by atomic mass is 10.3. The summed E-state index contributed by atoms with van der Waals surface area (Å²) < 4.78 is 116. The van der Waals surface area contributed by atoms with Crippen molar-refractivity contribution in [1.82, 2.24) is 0 Å². The quantitative estimate of drug-likeness (QED) is 0.469. The molecule has 0 saturated carbocycles. The van der Waals surface area contributed by atoms with Crippen LogP contribution in [-0.4, -0.2) is 43.7 Å². The molecule has 1 unspecified atom stereocenters. The molecule has 0 aliphatic heterocycles. The van der Waals surface area contributed by atoms with E-state index in [0.29, 0.717) is 0 Å². The molecule has 20 heavy (non-hydrogen) atoms. The van der Waals surface area contributed by atoms with Crippen molar-refractivity contribution >= 4 is 20.2 Å². The Morgan fingerprint density at radius 1 is 0.950 bits per heavy atom. The van der Waals surface area contributed by atoms with Crippen LogP contribution in [0.25, 0.3) is 0 Å². The van der Waals surface area contributed by atoms with Crippen LogP contribution in [0.15, 0.2) is 0 Å². The summed E-state index contributed by atoms with van der Waals surface area (Å²) in [6.07, 6.45) is -10.6. The number of hydrogen-bond donors (Lipinski definition) is 1. The fourth-order valence-electron chi connectivity index (χ4n) is 0.707. The Labute approximate surface area is 111 Å². The van der Waals surface area contributed by atoms with Gasteiger partial charge in [-0.2, -0.15) is 38.8 Å². The standard InChI is InChI=1S/C7H11F5O6S2/c1-5(2,3)20(16,17)18-4(6(8,9)10)7(11,12)19(13,14)15/h4H,1-3H3,(H,13,14,15). The number of hydrogen-bond acceptors (Lipinski definition) is 5. The molecule has 6 nitrogen and oxygen atoms in total. The van der Waals surface area contributed by atoms with Crippen molar-refractivity contribution in [2.75, 3.05) is 0 Å². The Balaban J connectivity index is 5.93. The molecule has 0 aliphatic carbocycles. The highest BCUT2D eigenvalue weighted by molar-refractivity contribution is 7.88. The average Bonchev–Trinajstić information content (AvgIpc) is 2.08. The highest BCUT2D eigenvalue weighted by Crippen LogP contribution is 2.40. The summed E-state index contributed by atoms with van der Waals surface area (Å²) in [5, 5.41) is -5.89. The third-order valence-electron chi connectivity index (χ3n) is 1.92. The van der Waals surface area contributed by atoms with Crippen LogP contribution in [0.5, 0.6) is 0 Å². The predicted molar refractivity (Wildman–Crippen MR) is 56.1 cm³/mol. The van der Waals surface area contributed by atoms with Gasteiger partial charge in [0.2, 0.25) is 0 Å². The van der Waals surface area contributed by atoms with Crippen molar-refractivity contribution in [3.63, 3.8) is 0 Å². The second-order valence-electron chi connectivity index (χ2n) is 4.62. The second-order valence-corrected chi connectivity index (χ2v) is 8.44. The molecule has 0 radical (unpaired) electrons. The summed E-state index contributed by atoms with van der Waals surface area (Å²) in [6, 6.07) is 0. The molecule has 0 bridgehead atoms. The molecule has 0 spiro atoms. The molecule has 13 heteroatoms. The van der Waals surface area contributed by atoms with E-state index >= 15 is 0 Å². The molecule has 0 aromatic carbocycles. The summed E-state index contributed by atoms with van der Waals surface area (Å²) in [7, 11) is -11.7. The van der Waals surface area contributed by atoms with Crippen LogP contribution in [0.2, 0.25) is 0 Å². The lowest BCUT2D eigenvalue weighted by molar-refractivity contribution is -0.238. The summed E-state index contributed by atoms with van der Waals surface area (Å²) in [6.45, 7) is 2.55. The highest BCUT2D eigenvalue weighted by atomic mass is 32.2. The van der Waals surface area contributed by atoms with Crippen molar-refractivity contribution in [1.29, 1.82) is 0 Å². The Hall–Kier alpha value is -0.530. The molecule has 0 aliphatic rings.